The Morgan fingerprint density at radius 1 is 1.10 bits per heavy atom. The fourth-order valence-corrected chi connectivity index (χ4v) is 3.95. The van der Waals surface area contributed by atoms with Crippen LogP contribution in [0.4, 0.5) is 10.1 Å². The second kappa shape index (κ2) is 8.28. The lowest BCUT2D eigenvalue weighted by Crippen LogP contribution is -2.39. The summed E-state index contributed by atoms with van der Waals surface area (Å²) in [7, 11) is 1.55. The number of nitrogens with one attached hydrogen (secondary N) is 1. The van der Waals surface area contributed by atoms with Crippen LogP contribution in [0.1, 0.15) is 27.5 Å². The molecular formula is C23H18BrFN2O3. The van der Waals surface area contributed by atoms with Crippen LogP contribution < -0.4 is 10.1 Å². The molecule has 0 radical (unpaired) electrons. The van der Waals surface area contributed by atoms with E-state index in [9.17, 15) is 14.0 Å². The number of hydrogen-bond acceptors (Lipinski definition) is 3. The van der Waals surface area contributed by atoms with Gasteiger partial charge in [-0.2, -0.15) is 0 Å². The highest BCUT2D eigenvalue weighted by Gasteiger charge is 2.34. The van der Waals surface area contributed by atoms with Gasteiger partial charge >= 0.3 is 0 Å². The van der Waals surface area contributed by atoms with Gasteiger partial charge in [-0.25, -0.2) is 4.39 Å². The number of ether oxygens (including phenoxy) is 1. The maximum absolute atomic E-state index is 13.6. The van der Waals surface area contributed by atoms with E-state index in [-0.39, 0.29) is 24.2 Å². The summed E-state index contributed by atoms with van der Waals surface area (Å²) >= 11 is 3.47. The number of benzene rings is 3. The van der Waals surface area contributed by atoms with Crippen LogP contribution in [0.5, 0.6) is 5.75 Å². The van der Waals surface area contributed by atoms with E-state index in [2.05, 4.69) is 21.2 Å². The van der Waals surface area contributed by atoms with Crippen LogP contribution in [0.3, 0.4) is 0 Å². The first-order valence-electron chi connectivity index (χ1n) is 9.26. The van der Waals surface area contributed by atoms with Gasteiger partial charge in [0.2, 0.25) is 5.91 Å². The van der Waals surface area contributed by atoms with E-state index in [1.54, 1.807) is 49.6 Å². The molecule has 152 valence electrons. The Labute approximate surface area is 181 Å². The molecule has 1 N–H and O–H groups in total. The summed E-state index contributed by atoms with van der Waals surface area (Å²) < 4.78 is 19.6. The Morgan fingerprint density at radius 3 is 2.47 bits per heavy atom. The Kier molecular flexibility index (Phi) is 5.55. The van der Waals surface area contributed by atoms with Crippen LogP contribution in [-0.2, 0) is 4.79 Å². The van der Waals surface area contributed by atoms with E-state index in [0.29, 0.717) is 22.6 Å². The topological polar surface area (TPSA) is 58.6 Å². The van der Waals surface area contributed by atoms with E-state index in [4.69, 9.17) is 4.74 Å². The van der Waals surface area contributed by atoms with E-state index >= 15 is 0 Å². The average molecular weight is 469 g/mol. The molecule has 0 saturated carbocycles. The summed E-state index contributed by atoms with van der Waals surface area (Å²) in [6.07, 6.45) is 0. The molecular weight excluding hydrogens is 451 g/mol. The van der Waals surface area contributed by atoms with Crippen molar-refractivity contribution < 1.29 is 18.7 Å². The maximum Gasteiger partial charge on any atom is 0.255 e. The van der Waals surface area contributed by atoms with Crippen LogP contribution in [0, 0.1) is 5.82 Å². The van der Waals surface area contributed by atoms with E-state index in [1.807, 2.05) is 12.1 Å². The van der Waals surface area contributed by atoms with Crippen molar-refractivity contribution in [2.45, 2.75) is 6.04 Å². The molecule has 30 heavy (non-hydrogen) atoms. The van der Waals surface area contributed by atoms with Crippen molar-refractivity contribution in [3.63, 3.8) is 0 Å². The molecule has 1 aliphatic rings. The van der Waals surface area contributed by atoms with Gasteiger partial charge in [-0.1, -0.05) is 28.1 Å². The minimum atomic E-state index is -0.577. The number of carbonyl (C=O) groups is 2. The number of hydrogen-bond donors (Lipinski definition) is 1. The number of amides is 2. The number of rotatable bonds is 3. The van der Waals surface area contributed by atoms with Crippen LogP contribution >= 0.6 is 15.9 Å². The van der Waals surface area contributed by atoms with Crippen LogP contribution in [0.15, 0.2) is 71.2 Å². The van der Waals surface area contributed by atoms with Crippen LogP contribution in [0.2, 0.25) is 0 Å². The molecule has 1 atom stereocenters. The van der Waals surface area contributed by atoms with Gasteiger partial charge in [-0.05, 0) is 60.2 Å². The number of methoxy groups -OCH3 is 1. The lowest BCUT2D eigenvalue weighted by atomic mass is 9.95. The van der Waals surface area contributed by atoms with Crippen LogP contribution in [-0.4, -0.2) is 30.4 Å². The molecule has 0 bridgehead atoms. The molecule has 3 aromatic carbocycles. The second-order valence-electron chi connectivity index (χ2n) is 6.90. The Morgan fingerprint density at radius 2 is 1.80 bits per heavy atom. The van der Waals surface area contributed by atoms with Crippen molar-refractivity contribution in [3.8, 4) is 5.75 Å². The van der Waals surface area contributed by atoms with Crippen molar-refractivity contribution in [1.29, 1.82) is 0 Å². The highest BCUT2D eigenvalue weighted by atomic mass is 79.9. The molecule has 1 aliphatic heterocycles. The predicted molar refractivity (Wildman–Crippen MR) is 115 cm³/mol. The van der Waals surface area contributed by atoms with Crippen molar-refractivity contribution >= 4 is 33.4 Å². The van der Waals surface area contributed by atoms with E-state index in [1.165, 1.54) is 17.0 Å². The zero-order chi connectivity index (χ0) is 21.3. The molecule has 0 saturated heterocycles. The van der Waals surface area contributed by atoms with Gasteiger partial charge in [0.25, 0.3) is 5.91 Å². The largest absolute Gasteiger partial charge is 0.497 e. The smallest absolute Gasteiger partial charge is 0.255 e. The summed E-state index contributed by atoms with van der Waals surface area (Å²) in [4.78, 5) is 27.6. The number of halogens is 2. The molecule has 3 aromatic rings. The zero-order valence-electron chi connectivity index (χ0n) is 16.1. The van der Waals surface area contributed by atoms with E-state index in [0.717, 1.165) is 10.0 Å². The highest BCUT2D eigenvalue weighted by molar-refractivity contribution is 9.10. The first kappa shape index (κ1) is 20.1. The third-order valence-corrected chi connectivity index (χ3v) is 5.48. The van der Waals surface area contributed by atoms with Gasteiger partial charge in [0.15, 0.2) is 0 Å². The molecule has 5 nitrogen and oxygen atoms in total. The molecule has 0 aliphatic carbocycles. The van der Waals surface area contributed by atoms with Crippen molar-refractivity contribution in [3.05, 3.63) is 93.7 Å². The molecule has 1 unspecified atom stereocenters. The van der Waals surface area contributed by atoms with Crippen LogP contribution in [0.25, 0.3) is 0 Å². The fraction of sp³-hybridized carbons (Fsp3) is 0.130. The lowest BCUT2D eigenvalue weighted by Gasteiger charge is -2.31. The number of anilines is 1. The quantitative estimate of drug-likeness (QED) is 0.601. The van der Waals surface area contributed by atoms with Crippen molar-refractivity contribution in [2.24, 2.45) is 0 Å². The second-order valence-corrected chi connectivity index (χ2v) is 7.81. The molecule has 4 rings (SSSR count). The van der Waals surface area contributed by atoms with Crippen molar-refractivity contribution in [2.75, 3.05) is 19.0 Å². The van der Waals surface area contributed by atoms with Gasteiger partial charge in [0, 0.05) is 21.3 Å². The first-order valence-corrected chi connectivity index (χ1v) is 10.1. The number of nitrogens with zero attached hydrogens (tertiary/aromatic N) is 1. The number of fused-ring (bicyclic) bond motifs is 1. The minimum absolute atomic E-state index is 0.140. The monoisotopic (exact) mass is 468 g/mol. The summed E-state index contributed by atoms with van der Waals surface area (Å²) in [6.45, 7) is -0.140. The summed E-state index contributed by atoms with van der Waals surface area (Å²) in [5.41, 5.74) is 2.48. The molecule has 2 amide bonds. The first-order chi connectivity index (χ1) is 14.5. The third-order valence-electron chi connectivity index (χ3n) is 4.99. The van der Waals surface area contributed by atoms with Gasteiger partial charge in [-0.15, -0.1) is 0 Å². The summed E-state index contributed by atoms with van der Waals surface area (Å²) in [5, 5.41) is 2.87. The Bertz CT molecular complexity index is 1100. The fourth-order valence-electron chi connectivity index (χ4n) is 3.57. The molecule has 7 heteroatoms. The lowest BCUT2D eigenvalue weighted by molar-refractivity contribution is -0.117. The normalized spacial score (nSPS) is 15.8. The van der Waals surface area contributed by atoms with Gasteiger partial charge < -0.3 is 15.0 Å². The molecule has 1 heterocycles. The van der Waals surface area contributed by atoms with Crippen molar-refractivity contribution in [1.82, 2.24) is 4.90 Å². The van der Waals surface area contributed by atoms with Gasteiger partial charge in [0.1, 0.15) is 18.1 Å². The SMILES string of the molecule is COc1ccc(C(=O)N2CC(=O)Nc3ccc(Br)cc3C2c2ccc(F)cc2)cc1. The average Bonchev–Trinajstić information content (AvgIpc) is 2.89. The summed E-state index contributed by atoms with van der Waals surface area (Å²) in [6, 6.07) is 17.6. The van der Waals surface area contributed by atoms with Gasteiger partial charge in [-0.3, -0.25) is 9.59 Å². The van der Waals surface area contributed by atoms with Gasteiger partial charge in [0.05, 0.1) is 13.2 Å². The maximum atomic E-state index is 13.6. The third kappa shape index (κ3) is 3.93. The summed E-state index contributed by atoms with van der Waals surface area (Å²) in [5.74, 6) is -0.353. The zero-order valence-corrected chi connectivity index (χ0v) is 17.6. The molecule has 0 aromatic heterocycles. The number of carbonyl (C=O) groups excluding carboxylic acids is 2. The minimum Gasteiger partial charge on any atom is -0.497 e. The molecule has 0 spiro atoms. The Hall–Kier alpha value is -3.19. The Balaban J connectivity index is 1.85. The molecule has 0 fully saturated rings. The highest BCUT2D eigenvalue weighted by Crippen LogP contribution is 2.38. The predicted octanol–water partition coefficient (Wildman–Crippen LogP) is 4.78. The van der Waals surface area contributed by atoms with E-state index < -0.39 is 6.04 Å². The standard InChI is InChI=1S/C23H18BrFN2O3/c1-30-18-9-4-15(5-10-18)23(29)27-13-21(28)26-20-11-6-16(24)12-19(20)22(27)14-2-7-17(25)8-3-14/h2-12,22H,13H2,1H3,(H,26,28).